The maximum Gasteiger partial charge on any atom is 0.228 e. The third kappa shape index (κ3) is 3.07. The van der Waals surface area contributed by atoms with Crippen molar-refractivity contribution < 1.29 is 4.79 Å². The van der Waals surface area contributed by atoms with Gasteiger partial charge in [0, 0.05) is 29.7 Å². The number of carbonyl (C=O) groups is 1. The highest BCUT2D eigenvalue weighted by Crippen LogP contribution is 2.24. The molecule has 2 rings (SSSR count). The van der Waals surface area contributed by atoms with Crippen molar-refractivity contribution in [1.29, 1.82) is 0 Å². The topological polar surface area (TPSA) is 32.3 Å². The zero-order chi connectivity index (χ0) is 12.3. The molecule has 0 aliphatic carbocycles. The Morgan fingerprint density at radius 2 is 2.18 bits per heavy atom. The van der Waals surface area contributed by atoms with E-state index in [-0.39, 0.29) is 5.91 Å². The van der Waals surface area contributed by atoms with Gasteiger partial charge in [-0.25, -0.2) is 0 Å². The highest BCUT2D eigenvalue weighted by molar-refractivity contribution is 9.10. The molecule has 0 atom stereocenters. The molecule has 1 N–H and O–H groups in total. The lowest BCUT2D eigenvalue weighted by Crippen LogP contribution is -2.38. The lowest BCUT2D eigenvalue weighted by atomic mass is 10.1. The van der Waals surface area contributed by atoms with Gasteiger partial charge in [-0.3, -0.25) is 4.79 Å². The lowest BCUT2D eigenvalue weighted by molar-refractivity contribution is -0.118. The van der Waals surface area contributed by atoms with Gasteiger partial charge in [-0.1, -0.05) is 15.9 Å². The first-order valence-electron chi connectivity index (χ1n) is 5.96. The summed E-state index contributed by atoms with van der Waals surface area (Å²) in [6, 6.07) is 6.07. The van der Waals surface area contributed by atoms with Crippen LogP contribution in [0.5, 0.6) is 0 Å². The Balaban J connectivity index is 2.25. The van der Waals surface area contributed by atoms with E-state index in [9.17, 15) is 4.79 Å². The molecule has 0 aromatic heterocycles. The standard InChI is InChI=1S/C13H17BrN2O/c1-10-9-11(14)3-4-12(10)16-8-2-6-15-7-5-13(16)17/h3-4,9,15H,2,5-8H2,1H3. The number of rotatable bonds is 1. The first kappa shape index (κ1) is 12.6. The van der Waals surface area contributed by atoms with Gasteiger partial charge in [0.2, 0.25) is 5.91 Å². The third-order valence-corrected chi connectivity index (χ3v) is 3.49. The number of aryl methyl sites for hydroxylation is 1. The Morgan fingerprint density at radius 3 is 2.94 bits per heavy atom. The highest BCUT2D eigenvalue weighted by Gasteiger charge is 2.18. The molecule has 1 aliphatic rings. The van der Waals surface area contributed by atoms with Crippen molar-refractivity contribution >= 4 is 27.5 Å². The summed E-state index contributed by atoms with van der Waals surface area (Å²) in [6.45, 7) is 4.61. The summed E-state index contributed by atoms with van der Waals surface area (Å²) in [5.74, 6) is 0.211. The summed E-state index contributed by atoms with van der Waals surface area (Å²) in [5.41, 5.74) is 2.18. The van der Waals surface area contributed by atoms with E-state index in [1.165, 1.54) is 0 Å². The second kappa shape index (κ2) is 5.65. The SMILES string of the molecule is Cc1cc(Br)ccc1N1CCCNCCC1=O. The number of benzene rings is 1. The zero-order valence-electron chi connectivity index (χ0n) is 10.0. The molecule has 1 saturated heterocycles. The van der Waals surface area contributed by atoms with Crippen LogP contribution in [0.4, 0.5) is 5.69 Å². The van der Waals surface area contributed by atoms with E-state index in [1.807, 2.05) is 24.0 Å². The van der Waals surface area contributed by atoms with Gasteiger partial charge in [-0.15, -0.1) is 0 Å². The molecule has 4 heteroatoms. The van der Waals surface area contributed by atoms with Gasteiger partial charge in [0.25, 0.3) is 0 Å². The molecule has 17 heavy (non-hydrogen) atoms. The minimum atomic E-state index is 0.211. The minimum Gasteiger partial charge on any atom is -0.316 e. The number of anilines is 1. The predicted molar refractivity (Wildman–Crippen MR) is 73.3 cm³/mol. The van der Waals surface area contributed by atoms with Gasteiger partial charge >= 0.3 is 0 Å². The maximum absolute atomic E-state index is 12.1. The van der Waals surface area contributed by atoms with Crippen LogP contribution in [0.2, 0.25) is 0 Å². The molecule has 0 spiro atoms. The van der Waals surface area contributed by atoms with E-state index in [1.54, 1.807) is 0 Å². The summed E-state index contributed by atoms with van der Waals surface area (Å²) < 4.78 is 1.06. The molecule has 0 unspecified atom stereocenters. The van der Waals surface area contributed by atoms with Crippen molar-refractivity contribution in [2.75, 3.05) is 24.5 Å². The van der Waals surface area contributed by atoms with Gasteiger partial charge in [0.15, 0.2) is 0 Å². The Hall–Kier alpha value is -0.870. The van der Waals surface area contributed by atoms with Crippen molar-refractivity contribution in [2.24, 2.45) is 0 Å². The number of nitrogens with one attached hydrogen (secondary N) is 1. The molecule has 1 amide bonds. The zero-order valence-corrected chi connectivity index (χ0v) is 11.6. The second-order valence-corrected chi connectivity index (χ2v) is 5.25. The van der Waals surface area contributed by atoms with E-state index in [4.69, 9.17) is 0 Å². The van der Waals surface area contributed by atoms with Crippen LogP contribution in [-0.2, 0) is 4.79 Å². The van der Waals surface area contributed by atoms with Crippen LogP contribution < -0.4 is 10.2 Å². The van der Waals surface area contributed by atoms with Crippen LogP contribution in [-0.4, -0.2) is 25.5 Å². The number of halogens is 1. The van der Waals surface area contributed by atoms with Crippen LogP contribution in [0.1, 0.15) is 18.4 Å². The van der Waals surface area contributed by atoms with E-state index in [0.29, 0.717) is 6.42 Å². The number of carbonyl (C=O) groups excluding carboxylic acids is 1. The van der Waals surface area contributed by atoms with Gasteiger partial charge in [-0.05, 0) is 43.7 Å². The fraction of sp³-hybridized carbons (Fsp3) is 0.462. The Bertz CT molecular complexity index is 420. The van der Waals surface area contributed by atoms with Crippen LogP contribution >= 0.6 is 15.9 Å². The van der Waals surface area contributed by atoms with Gasteiger partial charge < -0.3 is 10.2 Å². The van der Waals surface area contributed by atoms with Crippen molar-refractivity contribution in [3.63, 3.8) is 0 Å². The third-order valence-electron chi connectivity index (χ3n) is 3.00. The molecule has 92 valence electrons. The molecule has 1 fully saturated rings. The molecule has 3 nitrogen and oxygen atoms in total. The fourth-order valence-corrected chi connectivity index (χ4v) is 2.59. The average Bonchev–Trinajstić information content (AvgIpc) is 2.26. The molecular formula is C13H17BrN2O. The largest absolute Gasteiger partial charge is 0.316 e. The molecule has 1 heterocycles. The smallest absolute Gasteiger partial charge is 0.228 e. The molecule has 0 bridgehead atoms. The molecule has 0 radical (unpaired) electrons. The minimum absolute atomic E-state index is 0.211. The normalized spacial score (nSPS) is 17.8. The fourth-order valence-electron chi connectivity index (χ4n) is 2.12. The van der Waals surface area contributed by atoms with Crippen molar-refractivity contribution in [3.05, 3.63) is 28.2 Å². The number of hydrogen-bond acceptors (Lipinski definition) is 2. The average molecular weight is 297 g/mol. The monoisotopic (exact) mass is 296 g/mol. The first-order chi connectivity index (χ1) is 8.18. The number of nitrogens with zero attached hydrogens (tertiary/aromatic N) is 1. The summed E-state index contributed by atoms with van der Waals surface area (Å²) >= 11 is 3.45. The molecule has 0 saturated carbocycles. The van der Waals surface area contributed by atoms with Crippen LogP contribution in [0, 0.1) is 6.92 Å². The van der Waals surface area contributed by atoms with Gasteiger partial charge in [0.1, 0.15) is 0 Å². The molecular weight excluding hydrogens is 280 g/mol. The maximum atomic E-state index is 12.1. The number of amides is 1. The quantitative estimate of drug-likeness (QED) is 0.863. The summed E-state index contributed by atoms with van der Waals surface area (Å²) in [4.78, 5) is 14.0. The van der Waals surface area contributed by atoms with E-state index < -0.39 is 0 Å². The van der Waals surface area contributed by atoms with E-state index in [0.717, 1.165) is 41.8 Å². The van der Waals surface area contributed by atoms with Crippen LogP contribution in [0.15, 0.2) is 22.7 Å². The van der Waals surface area contributed by atoms with Gasteiger partial charge in [-0.2, -0.15) is 0 Å². The molecule has 1 aromatic rings. The Kier molecular flexibility index (Phi) is 4.18. The van der Waals surface area contributed by atoms with Crippen molar-refractivity contribution in [1.82, 2.24) is 5.32 Å². The number of hydrogen-bond donors (Lipinski definition) is 1. The summed E-state index contributed by atoms with van der Waals surface area (Å²) in [7, 11) is 0. The lowest BCUT2D eigenvalue weighted by Gasteiger charge is -2.26. The summed E-state index contributed by atoms with van der Waals surface area (Å²) in [5, 5.41) is 3.26. The van der Waals surface area contributed by atoms with Crippen molar-refractivity contribution in [2.45, 2.75) is 19.8 Å². The van der Waals surface area contributed by atoms with Gasteiger partial charge in [0.05, 0.1) is 0 Å². The summed E-state index contributed by atoms with van der Waals surface area (Å²) in [6.07, 6.45) is 1.58. The van der Waals surface area contributed by atoms with E-state index in [2.05, 4.69) is 27.3 Å². The van der Waals surface area contributed by atoms with Crippen LogP contribution in [0.3, 0.4) is 0 Å². The first-order valence-corrected chi connectivity index (χ1v) is 6.75. The predicted octanol–water partition coefficient (Wildman–Crippen LogP) is 2.47. The van der Waals surface area contributed by atoms with E-state index >= 15 is 0 Å². The molecule has 1 aromatic carbocycles. The Labute approximate surface area is 110 Å². The highest BCUT2D eigenvalue weighted by atomic mass is 79.9. The second-order valence-electron chi connectivity index (χ2n) is 4.33. The van der Waals surface area contributed by atoms with Crippen molar-refractivity contribution in [3.8, 4) is 0 Å². The Morgan fingerprint density at radius 1 is 1.35 bits per heavy atom. The molecule has 1 aliphatic heterocycles. The van der Waals surface area contributed by atoms with Crippen LogP contribution in [0.25, 0.3) is 0 Å².